The lowest BCUT2D eigenvalue weighted by atomic mass is 9.99. The van der Waals surface area contributed by atoms with Crippen molar-refractivity contribution < 1.29 is 19.2 Å². The average Bonchev–Trinajstić information content (AvgIpc) is 2.54. The third-order valence-corrected chi connectivity index (χ3v) is 3.90. The minimum Gasteiger partial charge on any atom is -0.464 e. The highest BCUT2D eigenvalue weighted by atomic mass is 16.6. The van der Waals surface area contributed by atoms with Crippen LogP contribution in [0.25, 0.3) is 0 Å². The van der Waals surface area contributed by atoms with Crippen molar-refractivity contribution in [1.29, 1.82) is 0 Å². The molecule has 1 amide bonds. The molecule has 1 aromatic rings. The fraction of sp³-hybridized carbons (Fsp3) is 0.500. The number of ether oxygens (including phenoxy) is 1. The van der Waals surface area contributed by atoms with Gasteiger partial charge in [-0.25, -0.2) is 4.79 Å². The lowest BCUT2D eigenvalue weighted by Crippen LogP contribution is -2.48. The van der Waals surface area contributed by atoms with Crippen LogP contribution in [0.4, 0.5) is 5.69 Å². The second kappa shape index (κ2) is 7.21. The van der Waals surface area contributed by atoms with Gasteiger partial charge in [0.25, 0.3) is 11.6 Å². The Bertz CT molecular complexity index is 629. The molecule has 7 nitrogen and oxygen atoms in total. The Hall–Kier alpha value is -2.44. The van der Waals surface area contributed by atoms with Crippen molar-refractivity contribution in [2.75, 3.05) is 13.2 Å². The Labute approximate surface area is 134 Å². The third kappa shape index (κ3) is 3.67. The normalized spacial score (nSPS) is 17.7. The van der Waals surface area contributed by atoms with E-state index < -0.39 is 22.8 Å². The zero-order valence-corrected chi connectivity index (χ0v) is 13.3. The van der Waals surface area contributed by atoms with E-state index in [2.05, 4.69) is 0 Å². The van der Waals surface area contributed by atoms with E-state index in [0.29, 0.717) is 13.0 Å². The van der Waals surface area contributed by atoms with Gasteiger partial charge in [-0.1, -0.05) is 6.07 Å². The minimum absolute atomic E-state index is 0.0196. The first-order valence-corrected chi connectivity index (χ1v) is 7.68. The molecule has 7 heteroatoms. The summed E-state index contributed by atoms with van der Waals surface area (Å²) >= 11 is 0. The summed E-state index contributed by atoms with van der Waals surface area (Å²) in [6.45, 7) is 4.10. The molecule has 0 spiro atoms. The predicted molar refractivity (Wildman–Crippen MR) is 83.1 cm³/mol. The van der Waals surface area contributed by atoms with E-state index in [1.807, 2.05) is 0 Å². The SMILES string of the molecule is CCOC(=O)C1CCCCN1C(=O)c1cc(C)ccc1[N+](=O)[O-]. The largest absolute Gasteiger partial charge is 0.464 e. The number of nitrogens with zero attached hydrogens (tertiary/aromatic N) is 2. The summed E-state index contributed by atoms with van der Waals surface area (Å²) in [5.41, 5.74) is 0.531. The van der Waals surface area contributed by atoms with Gasteiger partial charge in [-0.2, -0.15) is 0 Å². The maximum Gasteiger partial charge on any atom is 0.328 e. The number of carbonyl (C=O) groups is 2. The van der Waals surface area contributed by atoms with Crippen molar-refractivity contribution in [2.24, 2.45) is 0 Å². The van der Waals surface area contributed by atoms with Crippen LogP contribution in [0.5, 0.6) is 0 Å². The van der Waals surface area contributed by atoms with Gasteiger partial charge in [-0.3, -0.25) is 14.9 Å². The zero-order chi connectivity index (χ0) is 17.0. The summed E-state index contributed by atoms with van der Waals surface area (Å²) in [4.78, 5) is 36.9. The standard InChI is InChI=1S/C16H20N2O5/c1-3-23-16(20)14-6-4-5-9-17(14)15(19)12-10-11(2)7-8-13(12)18(21)22/h7-8,10,14H,3-6,9H2,1-2H3. The molecule has 1 fully saturated rings. The van der Waals surface area contributed by atoms with Crippen LogP contribution in [-0.4, -0.2) is 40.9 Å². The van der Waals surface area contributed by atoms with E-state index in [-0.39, 0.29) is 17.9 Å². The number of hydrogen-bond donors (Lipinski definition) is 0. The van der Waals surface area contributed by atoms with Crippen molar-refractivity contribution in [3.63, 3.8) is 0 Å². The molecule has 1 saturated heterocycles. The Morgan fingerprint density at radius 3 is 2.78 bits per heavy atom. The Morgan fingerprint density at radius 1 is 1.39 bits per heavy atom. The fourth-order valence-electron chi connectivity index (χ4n) is 2.79. The number of aryl methyl sites for hydroxylation is 1. The molecule has 1 aliphatic rings. The average molecular weight is 320 g/mol. The smallest absolute Gasteiger partial charge is 0.328 e. The second-order valence-corrected chi connectivity index (χ2v) is 5.54. The van der Waals surface area contributed by atoms with Gasteiger partial charge in [0.1, 0.15) is 11.6 Å². The van der Waals surface area contributed by atoms with E-state index in [0.717, 1.165) is 18.4 Å². The number of likely N-dealkylation sites (tertiary alicyclic amines) is 1. The summed E-state index contributed by atoms with van der Waals surface area (Å²) in [7, 11) is 0. The first kappa shape index (κ1) is 16.9. The number of benzene rings is 1. The van der Waals surface area contributed by atoms with Gasteiger partial charge >= 0.3 is 5.97 Å². The number of nitro benzene ring substituents is 1. The number of esters is 1. The van der Waals surface area contributed by atoms with Gasteiger partial charge < -0.3 is 9.64 Å². The van der Waals surface area contributed by atoms with Crippen molar-refractivity contribution in [2.45, 2.75) is 39.2 Å². The van der Waals surface area contributed by atoms with Crippen LogP contribution in [0.1, 0.15) is 42.1 Å². The lowest BCUT2D eigenvalue weighted by Gasteiger charge is -2.34. The molecule has 1 aromatic carbocycles. The fourth-order valence-corrected chi connectivity index (χ4v) is 2.79. The highest BCUT2D eigenvalue weighted by Gasteiger charge is 2.35. The number of piperidine rings is 1. The van der Waals surface area contributed by atoms with Crippen molar-refractivity contribution >= 4 is 17.6 Å². The molecule has 0 aliphatic carbocycles. The quantitative estimate of drug-likeness (QED) is 0.483. The molecule has 2 rings (SSSR count). The molecular weight excluding hydrogens is 300 g/mol. The predicted octanol–water partition coefficient (Wildman–Crippen LogP) is 2.46. The molecule has 0 aromatic heterocycles. The second-order valence-electron chi connectivity index (χ2n) is 5.54. The van der Waals surface area contributed by atoms with Crippen LogP contribution >= 0.6 is 0 Å². The number of amides is 1. The summed E-state index contributed by atoms with van der Waals surface area (Å²) in [5, 5.41) is 11.2. The van der Waals surface area contributed by atoms with Crippen LogP contribution in [-0.2, 0) is 9.53 Å². The number of hydrogen-bond acceptors (Lipinski definition) is 5. The number of rotatable bonds is 4. The summed E-state index contributed by atoms with van der Waals surface area (Å²) in [5.74, 6) is -0.936. The molecule has 124 valence electrons. The Balaban J connectivity index is 2.35. The molecule has 0 N–H and O–H groups in total. The van der Waals surface area contributed by atoms with Gasteiger partial charge in [-0.05, 0) is 44.7 Å². The number of carbonyl (C=O) groups excluding carboxylic acids is 2. The first-order chi connectivity index (χ1) is 11.0. The summed E-state index contributed by atoms with van der Waals surface area (Å²) in [6, 6.07) is 3.74. The Kier molecular flexibility index (Phi) is 5.31. The molecule has 1 aliphatic heterocycles. The molecular formula is C16H20N2O5. The van der Waals surface area contributed by atoms with E-state index in [1.165, 1.54) is 17.0 Å². The summed E-state index contributed by atoms with van der Waals surface area (Å²) < 4.78 is 5.03. The molecule has 23 heavy (non-hydrogen) atoms. The highest BCUT2D eigenvalue weighted by molar-refractivity contribution is 6.00. The van der Waals surface area contributed by atoms with Crippen LogP contribution < -0.4 is 0 Å². The van der Waals surface area contributed by atoms with E-state index in [1.54, 1.807) is 19.9 Å². The van der Waals surface area contributed by atoms with Crippen molar-refractivity contribution in [1.82, 2.24) is 4.90 Å². The monoisotopic (exact) mass is 320 g/mol. The van der Waals surface area contributed by atoms with E-state index in [9.17, 15) is 19.7 Å². The van der Waals surface area contributed by atoms with Crippen molar-refractivity contribution in [3.8, 4) is 0 Å². The number of nitro groups is 1. The van der Waals surface area contributed by atoms with E-state index >= 15 is 0 Å². The van der Waals surface area contributed by atoms with Gasteiger partial charge in [-0.15, -0.1) is 0 Å². The van der Waals surface area contributed by atoms with Gasteiger partial charge in [0, 0.05) is 12.6 Å². The van der Waals surface area contributed by atoms with Gasteiger partial charge in [0.05, 0.1) is 11.5 Å². The summed E-state index contributed by atoms with van der Waals surface area (Å²) in [6.07, 6.45) is 2.11. The van der Waals surface area contributed by atoms with Crippen molar-refractivity contribution in [3.05, 3.63) is 39.4 Å². The molecule has 1 heterocycles. The molecule has 0 radical (unpaired) electrons. The van der Waals surface area contributed by atoms with E-state index in [4.69, 9.17) is 4.74 Å². The maximum absolute atomic E-state index is 12.8. The zero-order valence-electron chi connectivity index (χ0n) is 13.3. The third-order valence-electron chi connectivity index (χ3n) is 3.90. The molecule has 0 bridgehead atoms. The molecule has 1 atom stereocenters. The minimum atomic E-state index is -0.670. The topological polar surface area (TPSA) is 89.8 Å². The van der Waals surface area contributed by atoms with Crippen LogP contribution in [0, 0.1) is 17.0 Å². The maximum atomic E-state index is 12.8. The first-order valence-electron chi connectivity index (χ1n) is 7.68. The molecule has 1 unspecified atom stereocenters. The van der Waals surface area contributed by atoms with Crippen LogP contribution in [0.3, 0.4) is 0 Å². The van der Waals surface area contributed by atoms with Gasteiger partial charge in [0.2, 0.25) is 0 Å². The highest BCUT2D eigenvalue weighted by Crippen LogP contribution is 2.26. The van der Waals surface area contributed by atoms with Crippen LogP contribution in [0.2, 0.25) is 0 Å². The van der Waals surface area contributed by atoms with Crippen LogP contribution in [0.15, 0.2) is 18.2 Å². The molecule has 0 saturated carbocycles. The van der Waals surface area contributed by atoms with Gasteiger partial charge in [0.15, 0.2) is 0 Å². The Morgan fingerprint density at radius 2 is 2.13 bits per heavy atom. The lowest BCUT2D eigenvalue weighted by molar-refractivity contribution is -0.385.